The van der Waals surface area contributed by atoms with Crippen molar-refractivity contribution in [3.63, 3.8) is 0 Å². The molecule has 2 aromatic rings. The second-order valence-corrected chi connectivity index (χ2v) is 9.31. The monoisotopic (exact) mass is 494 g/mol. The average molecular weight is 495 g/mol. The first-order valence-electron chi connectivity index (χ1n) is 10.5. The number of rotatable bonds is 5. The highest BCUT2D eigenvalue weighted by atomic mass is 79.9. The predicted octanol–water partition coefficient (Wildman–Crippen LogP) is 3.90. The van der Waals surface area contributed by atoms with Crippen molar-refractivity contribution in [1.29, 1.82) is 0 Å². The van der Waals surface area contributed by atoms with Gasteiger partial charge in [0.05, 0.1) is 18.1 Å². The molecule has 2 aliphatic carbocycles. The Morgan fingerprint density at radius 3 is 2.56 bits per heavy atom. The van der Waals surface area contributed by atoms with Crippen molar-refractivity contribution in [3.8, 4) is 17.2 Å². The molecule has 2 aliphatic heterocycles. The molecule has 32 heavy (non-hydrogen) atoms. The molecule has 6 rings (SSSR count). The summed E-state index contributed by atoms with van der Waals surface area (Å²) in [5, 5.41) is 5.33. The zero-order chi connectivity index (χ0) is 21.8. The van der Waals surface area contributed by atoms with E-state index < -0.39 is 0 Å². The molecule has 4 atom stereocenters. The minimum absolute atomic E-state index is 0.160. The quantitative estimate of drug-likeness (QED) is 0.357. The van der Waals surface area contributed by atoms with E-state index in [1.165, 1.54) is 6.21 Å². The Balaban J connectivity index is 1.21. The number of carbonyl (C=O) groups is 2. The Kier molecular flexibility index (Phi) is 4.57. The lowest BCUT2D eigenvalue weighted by atomic mass is 9.85. The molecule has 7 nitrogen and oxygen atoms in total. The summed E-state index contributed by atoms with van der Waals surface area (Å²) >= 11 is 3.46. The van der Waals surface area contributed by atoms with E-state index in [2.05, 4.69) is 33.2 Å². The normalized spacial score (nSPS) is 27.1. The number of carbonyl (C=O) groups excluding carboxylic acids is 2. The zero-order valence-electron chi connectivity index (χ0n) is 16.9. The second kappa shape index (κ2) is 7.48. The predicted molar refractivity (Wildman–Crippen MR) is 118 cm³/mol. The summed E-state index contributed by atoms with van der Waals surface area (Å²) in [4.78, 5) is 25.7. The number of hydrogen-bond acceptors (Lipinski definition) is 6. The van der Waals surface area contributed by atoms with Gasteiger partial charge in [-0.3, -0.25) is 9.59 Å². The second-order valence-electron chi connectivity index (χ2n) is 8.39. The molecule has 2 aromatic carbocycles. The van der Waals surface area contributed by atoms with Gasteiger partial charge >= 0.3 is 0 Å². The van der Waals surface area contributed by atoms with Crippen LogP contribution < -0.4 is 14.2 Å². The number of halogens is 1. The largest absolute Gasteiger partial charge is 0.488 e. The summed E-state index contributed by atoms with van der Waals surface area (Å²) in [6.45, 7) is 0.542. The van der Waals surface area contributed by atoms with E-state index in [9.17, 15) is 9.59 Å². The summed E-state index contributed by atoms with van der Waals surface area (Å²) in [7, 11) is 0. The topological polar surface area (TPSA) is 77.4 Å². The van der Waals surface area contributed by atoms with Crippen molar-refractivity contribution in [2.75, 3.05) is 6.79 Å². The number of nitrogens with zero attached hydrogens (tertiary/aromatic N) is 2. The number of hydrazone groups is 1. The smallest absolute Gasteiger partial charge is 0.254 e. The van der Waals surface area contributed by atoms with Crippen LogP contribution in [0.2, 0.25) is 0 Å². The molecule has 0 N–H and O–H groups in total. The lowest BCUT2D eigenvalue weighted by Crippen LogP contribution is -2.28. The Bertz CT molecular complexity index is 1160. The number of amides is 2. The van der Waals surface area contributed by atoms with Gasteiger partial charge in [0, 0.05) is 10.0 Å². The maximum atomic E-state index is 12.9. The third kappa shape index (κ3) is 3.12. The van der Waals surface area contributed by atoms with Crippen molar-refractivity contribution in [3.05, 3.63) is 64.1 Å². The number of imide groups is 1. The van der Waals surface area contributed by atoms with Gasteiger partial charge in [0.15, 0.2) is 11.5 Å². The Labute approximate surface area is 192 Å². The standard InChI is InChI=1S/C24H19BrN2O5/c25-17-4-6-18(30-11-13-1-5-19-20(7-13)32-12-31-19)16(9-17)10-26-27-23(28)21-14-2-3-15(8-14)22(21)24(27)29/h1-7,9-10,14-15,21-22H,8,11-12H2. The molecule has 2 fully saturated rings. The minimum atomic E-state index is -0.265. The first-order chi connectivity index (χ1) is 15.6. The molecule has 0 radical (unpaired) electrons. The van der Waals surface area contributed by atoms with Crippen LogP contribution in [0, 0.1) is 23.7 Å². The van der Waals surface area contributed by atoms with Crippen LogP contribution in [0.1, 0.15) is 17.5 Å². The number of hydrogen-bond donors (Lipinski definition) is 0. The maximum Gasteiger partial charge on any atom is 0.254 e. The third-order valence-electron chi connectivity index (χ3n) is 6.56. The van der Waals surface area contributed by atoms with Crippen LogP contribution in [0.15, 0.2) is 58.1 Å². The van der Waals surface area contributed by atoms with Crippen molar-refractivity contribution >= 4 is 34.0 Å². The molecule has 162 valence electrons. The molecule has 2 bridgehead atoms. The minimum Gasteiger partial charge on any atom is -0.488 e. The Hall–Kier alpha value is -3.13. The molecule has 2 amide bonds. The molecular formula is C24H19BrN2O5. The fourth-order valence-corrected chi connectivity index (χ4v) is 5.44. The van der Waals surface area contributed by atoms with Crippen molar-refractivity contribution < 1.29 is 23.8 Å². The van der Waals surface area contributed by atoms with Crippen LogP contribution in [0.3, 0.4) is 0 Å². The van der Waals surface area contributed by atoms with Crippen molar-refractivity contribution in [2.24, 2.45) is 28.8 Å². The average Bonchev–Trinajstić information content (AvgIpc) is 3.56. The van der Waals surface area contributed by atoms with Crippen molar-refractivity contribution in [1.82, 2.24) is 5.01 Å². The molecule has 4 unspecified atom stereocenters. The van der Waals surface area contributed by atoms with E-state index in [1.807, 2.05) is 36.4 Å². The molecule has 8 heteroatoms. The molecule has 1 saturated heterocycles. The van der Waals surface area contributed by atoms with Gasteiger partial charge in [-0.2, -0.15) is 10.1 Å². The zero-order valence-corrected chi connectivity index (χ0v) is 18.5. The van der Waals surface area contributed by atoms with Gasteiger partial charge < -0.3 is 14.2 Å². The highest BCUT2D eigenvalue weighted by Crippen LogP contribution is 2.52. The molecule has 4 aliphatic rings. The molecule has 0 aromatic heterocycles. The van der Waals surface area contributed by atoms with Crippen LogP contribution in [-0.4, -0.2) is 29.8 Å². The molecule has 2 heterocycles. The van der Waals surface area contributed by atoms with Gasteiger partial charge in [0.25, 0.3) is 11.8 Å². The lowest BCUT2D eigenvalue weighted by Gasteiger charge is -2.13. The van der Waals surface area contributed by atoms with E-state index in [0.29, 0.717) is 23.7 Å². The number of benzene rings is 2. The van der Waals surface area contributed by atoms with Gasteiger partial charge in [-0.05, 0) is 54.2 Å². The van der Waals surface area contributed by atoms with Gasteiger partial charge in [-0.25, -0.2) is 0 Å². The van der Waals surface area contributed by atoms with Gasteiger partial charge in [0.1, 0.15) is 12.4 Å². The van der Waals surface area contributed by atoms with E-state index in [0.717, 1.165) is 27.2 Å². The van der Waals surface area contributed by atoms with Crippen LogP contribution in [-0.2, 0) is 16.2 Å². The lowest BCUT2D eigenvalue weighted by molar-refractivity contribution is -0.140. The summed E-state index contributed by atoms with van der Waals surface area (Å²) in [5.74, 6) is 1.40. The molecule has 1 saturated carbocycles. The number of fused-ring (bicyclic) bond motifs is 6. The van der Waals surface area contributed by atoms with E-state index in [4.69, 9.17) is 14.2 Å². The number of ether oxygens (including phenoxy) is 3. The molecule has 0 spiro atoms. The van der Waals surface area contributed by atoms with E-state index >= 15 is 0 Å². The first-order valence-corrected chi connectivity index (χ1v) is 11.3. The summed E-state index contributed by atoms with van der Waals surface area (Å²) in [6, 6.07) is 11.2. The maximum absolute atomic E-state index is 12.9. The summed E-state index contributed by atoms with van der Waals surface area (Å²) < 4.78 is 17.6. The fourth-order valence-electron chi connectivity index (χ4n) is 5.06. The summed E-state index contributed by atoms with van der Waals surface area (Å²) in [5.41, 5.74) is 1.60. The van der Waals surface area contributed by atoms with Crippen LogP contribution in [0.4, 0.5) is 0 Å². The highest BCUT2D eigenvalue weighted by molar-refractivity contribution is 9.10. The van der Waals surface area contributed by atoms with Crippen LogP contribution in [0.25, 0.3) is 0 Å². The van der Waals surface area contributed by atoms with Gasteiger partial charge in [-0.15, -0.1) is 0 Å². The highest BCUT2D eigenvalue weighted by Gasteiger charge is 2.59. The third-order valence-corrected chi connectivity index (χ3v) is 7.06. The SMILES string of the molecule is O=C1C2C3C=CC(C3)C2C(=O)N1N=Cc1cc(Br)ccc1OCc1ccc2c(c1)OCO2. The van der Waals surface area contributed by atoms with Gasteiger partial charge in [0.2, 0.25) is 6.79 Å². The van der Waals surface area contributed by atoms with E-state index in [1.54, 1.807) is 0 Å². The van der Waals surface area contributed by atoms with E-state index in [-0.39, 0.29) is 42.3 Å². The number of allylic oxidation sites excluding steroid dienone is 2. The van der Waals surface area contributed by atoms with Crippen LogP contribution in [0.5, 0.6) is 17.2 Å². The molecular weight excluding hydrogens is 476 g/mol. The Morgan fingerprint density at radius 2 is 1.78 bits per heavy atom. The fraction of sp³-hybridized carbons (Fsp3) is 0.292. The Morgan fingerprint density at radius 1 is 1.03 bits per heavy atom. The summed E-state index contributed by atoms with van der Waals surface area (Å²) in [6.07, 6.45) is 6.56. The van der Waals surface area contributed by atoms with Crippen LogP contribution >= 0.6 is 15.9 Å². The van der Waals surface area contributed by atoms with Gasteiger partial charge in [-0.1, -0.05) is 34.1 Å². The first kappa shape index (κ1) is 19.5. The van der Waals surface area contributed by atoms with Crippen molar-refractivity contribution in [2.45, 2.75) is 13.0 Å².